The molecule has 3 rings (SSSR count). The van der Waals surface area contributed by atoms with Gasteiger partial charge in [-0.15, -0.1) is 0 Å². The van der Waals surface area contributed by atoms with Crippen molar-refractivity contribution in [2.24, 2.45) is 0 Å². The number of hydrogen-bond acceptors (Lipinski definition) is 7. The van der Waals surface area contributed by atoms with E-state index in [2.05, 4.69) is 30.5 Å². The quantitative estimate of drug-likeness (QED) is 0.768. The molecule has 1 aliphatic heterocycles. The van der Waals surface area contributed by atoms with Gasteiger partial charge in [0, 0.05) is 51.0 Å². The molecule has 8 nitrogen and oxygen atoms in total. The first-order chi connectivity index (χ1) is 12.8. The third-order valence-corrected chi connectivity index (χ3v) is 4.28. The molecule has 2 aromatic rings. The van der Waals surface area contributed by atoms with Crippen LogP contribution in [0.15, 0.2) is 36.9 Å². The van der Waals surface area contributed by atoms with Crippen molar-refractivity contribution in [3.05, 3.63) is 48.0 Å². The van der Waals surface area contributed by atoms with E-state index in [0.29, 0.717) is 31.3 Å². The van der Waals surface area contributed by atoms with Gasteiger partial charge in [-0.05, 0) is 24.6 Å². The number of nitrogens with zero attached hydrogens (tertiary/aromatic N) is 4. The minimum Gasteiger partial charge on any atom is -0.379 e. The summed E-state index contributed by atoms with van der Waals surface area (Å²) in [6.07, 6.45) is 6.63. The Kier molecular flexibility index (Phi) is 6.45. The Hall–Kier alpha value is -2.58. The van der Waals surface area contributed by atoms with Crippen molar-refractivity contribution in [2.45, 2.75) is 13.0 Å². The number of pyridine rings is 1. The SMILES string of the molecule is CCNc1ncc(C(=O)NC[C@H](c2ccncc2)N2CCOCC2)cn1. The second-order valence-corrected chi connectivity index (χ2v) is 5.98. The predicted octanol–water partition coefficient (Wildman–Crippen LogP) is 1.11. The third kappa shape index (κ3) is 4.74. The molecule has 8 heteroatoms. The molecule has 0 bridgehead atoms. The molecular formula is C18H24N6O2. The fraction of sp³-hybridized carbons (Fsp3) is 0.444. The maximum atomic E-state index is 12.5. The number of rotatable bonds is 7. The van der Waals surface area contributed by atoms with Gasteiger partial charge in [0.15, 0.2) is 0 Å². The van der Waals surface area contributed by atoms with Crippen LogP contribution in [0.5, 0.6) is 0 Å². The van der Waals surface area contributed by atoms with Crippen molar-refractivity contribution in [3.8, 4) is 0 Å². The smallest absolute Gasteiger partial charge is 0.254 e. The Labute approximate surface area is 153 Å². The van der Waals surface area contributed by atoms with Crippen molar-refractivity contribution in [1.29, 1.82) is 0 Å². The fourth-order valence-corrected chi connectivity index (χ4v) is 2.92. The zero-order valence-electron chi connectivity index (χ0n) is 14.9. The van der Waals surface area contributed by atoms with E-state index in [0.717, 1.165) is 25.2 Å². The molecule has 0 saturated carbocycles. The maximum absolute atomic E-state index is 12.5. The Morgan fingerprint density at radius 2 is 1.92 bits per heavy atom. The van der Waals surface area contributed by atoms with Gasteiger partial charge in [-0.3, -0.25) is 14.7 Å². The van der Waals surface area contributed by atoms with E-state index in [-0.39, 0.29) is 11.9 Å². The average molecular weight is 356 g/mol. The Morgan fingerprint density at radius 3 is 2.58 bits per heavy atom. The summed E-state index contributed by atoms with van der Waals surface area (Å²) in [6, 6.07) is 4.05. The minimum atomic E-state index is -0.180. The zero-order chi connectivity index (χ0) is 18.2. The Morgan fingerprint density at radius 1 is 1.23 bits per heavy atom. The molecule has 0 radical (unpaired) electrons. The molecule has 1 saturated heterocycles. The van der Waals surface area contributed by atoms with E-state index in [4.69, 9.17) is 4.74 Å². The summed E-state index contributed by atoms with van der Waals surface area (Å²) in [7, 11) is 0. The number of carbonyl (C=O) groups is 1. The highest BCUT2D eigenvalue weighted by molar-refractivity contribution is 5.93. The van der Waals surface area contributed by atoms with E-state index in [9.17, 15) is 4.79 Å². The number of ether oxygens (including phenoxy) is 1. The Bertz CT molecular complexity index is 689. The highest BCUT2D eigenvalue weighted by Gasteiger charge is 2.23. The predicted molar refractivity (Wildman–Crippen MR) is 97.9 cm³/mol. The standard InChI is InChI=1S/C18H24N6O2/c1-2-20-18-22-11-15(12-23-18)17(25)21-13-16(14-3-5-19-6-4-14)24-7-9-26-10-8-24/h3-6,11-12,16H,2,7-10,13H2,1H3,(H,21,25)(H,20,22,23)/t16-/m1/s1. The van der Waals surface area contributed by atoms with E-state index >= 15 is 0 Å². The van der Waals surface area contributed by atoms with Crippen molar-refractivity contribution >= 4 is 11.9 Å². The number of carbonyl (C=O) groups excluding carboxylic acids is 1. The molecule has 1 amide bonds. The monoisotopic (exact) mass is 356 g/mol. The van der Waals surface area contributed by atoms with Gasteiger partial charge in [0.25, 0.3) is 5.91 Å². The van der Waals surface area contributed by atoms with Gasteiger partial charge < -0.3 is 15.4 Å². The molecule has 2 N–H and O–H groups in total. The van der Waals surface area contributed by atoms with E-state index in [1.165, 1.54) is 12.4 Å². The van der Waals surface area contributed by atoms with Crippen LogP contribution in [0.3, 0.4) is 0 Å². The maximum Gasteiger partial charge on any atom is 0.254 e. The van der Waals surface area contributed by atoms with Crippen LogP contribution in [0.4, 0.5) is 5.95 Å². The first kappa shape index (κ1) is 18.2. The van der Waals surface area contributed by atoms with Gasteiger partial charge in [0.05, 0.1) is 24.8 Å². The second-order valence-electron chi connectivity index (χ2n) is 5.98. The summed E-state index contributed by atoms with van der Waals surface area (Å²) in [5.74, 6) is 0.340. The summed E-state index contributed by atoms with van der Waals surface area (Å²) in [4.78, 5) is 27.2. The summed E-state index contributed by atoms with van der Waals surface area (Å²) >= 11 is 0. The van der Waals surface area contributed by atoms with Crippen molar-refractivity contribution in [3.63, 3.8) is 0 Å². The van der Waals surface area contributed by atoms with Crippen LogP contribution >= 0.6 is 0 Å². The van der Waals surface area contributed by atoms with Crippen LogP contribution < -0.4 is 10.6 Å². The van der Waals surface area contributed by atoms with Crippen molar-refractivity contribution < 1.29 is 9.53 Å². The molecule has 1 atom stereocenters. The number of hydrogen-bond donors (Lipinski definition) is 2. The highest BCUT2D eigenvalue weighted by atomic mass is 16.5. The van der Waals surface area contributed by atoms with Crippen LogP contribution in [-0.2, 0) is 4.74 Å². The summed E-state index contributed by atoms with van der Waals surface area (Å²) in [5.41, 5.74) is 1.57. The molecule has 26 heavy (non-hydrogen) atoms. The lowest BCUT2D eigenvalue weighted by Gasteiger charge is -2.34. The number of anilines is 1. The van der Waals surface area contributed by atoms with Crippen molar-refractivity contribution in [1.82, 2.24) is 25.2 Å². The molecule has 0 aliphatic carbocycles. The molecule has 0 unspecified atom stereocenters. The highest BCUT2D eigenvalue weighted by Crippen LogP contribution is 2.20. The summed E-state index contributed by atoms with van der Waals surface area (Å²) < 4.78 is 5.45. The second kappa shape index (κ2) is 9.21. The lowest BCUT2D eigenvalue weighted by molar-refractivity contribution is 0.0162. The summed E-state index contributed by atoms with van der Waals surface area (Å²) in [5, 5.41) is 6.01. The van der Waals surface area contributed by atoms with Crippen LogP contribution in [0, 0.1) is 0 Å². The molecular weight excluding hydrogens is 332 g/mol. The van der Waals surface area contributed by atoms with Crippen LogP contribution in [-0.4, -0.2) is 65.2 Å². The third-order valence-electron chi connectivity index (χ3n) is 4.28. The van der Waals surface area contributed by atoms with Gasteiger partial charge in [0.1, 0.15) is 0 Å². The van der Waals surface area contributed by atoms with Crippen LogP contribution in [0.25, 0.3) is 0 Å². The summed E-state index contributed by atoms with van der Waals surface area (Å²) in [6.45, 7) is 6.28. The fourth-order valence-electron chi connectivity index (χ4n) is 2.92. The van der Waals surface area contributed by atoms with Gasteiger partial charge in [0.2, 0.25) is 5.95 Å². The van der Waals surface area contributed by atoms with Crippen LogP contribution in [0.2, 0.25) is 0 Å². The normalized spacial score (nSPS) is 16.0. The Balaban J connectivity index is 1.65. The number of aromatic nitrogens is 3. The molecule has 0 aromatic carbocycles. The molecule has 1 aliphatic rings. The number of amides is 1. The molecule has 2 aromatic heterocycles. The molecule has 3 heterocycles. The molecule has 1 fully saturated rings. The topological polar surface area (TPSA) is 92.3 Å². The largest absolute Gasteiger partial charge is 0.379 e. The van der Waals surface area contributed by atoms with Gasteiger partial charge >= 0.3 is 0 Å². The molecule has 0 spiro atoms. The lowest BCUT2D eigenvalue weighted by Crippen LogP contribution is -2.43. The van der Waals surface area contributed by atoms with Gasteiger partial charge in [-0.1, -0.05) is 0 Å². The average Bonchev–Trinajstić information content (AvgIpc) is 2.70. The zero-order valence-corrected chi connectivity index (χ0v) is 14.9. The van der Waals surface area contributed by atoms with E-state index in [1.54, 1.807) is 12.4 Å². The molecule has 138 valence electrons. The van der Waals surface area contributed by atoms with E-state index < -0.39 is 0 Å². The first-order valence-corrected chi connectivity index (χ1v) is 8.83. The van der Waals surface area contributed by atoms with Crippen molar-refractivity contribution in [2.75, 3.05) is 44.7 Å². The van der Waals surface area contributed by atoms with Crippen LogP contribution in [0.1, 0.15) is 28.9 Å². The number of nitrogens with one attached hydrogen (secondary N) is 2. The minimum absolute atomic E-state index is 0.0767. The lowest BCUT2D eigenvalue weighted by atomic mass is 10.1. The van der Waals surface area contributed by atoms with E-state index in [1.807, 2.05) is 19.1 Å². The van der Waals surface area contributed by atoms with Gasteiger partial charge in [-0.25, -0.2) is 9.97 Å². The first-order valence-electron chi connectivity index (χ1n) is 8.83. The van der Waals surface area contributed by atoms with Gasteiger partial charge in [-0.2, -0.15) is 0 Å². The number of morpholine rings is 1.